The number of carbonyl (C=O) groups is 2. The normalized spacial score (nSPS) is 18.6. The first-order valence-electron chi connectivity index (χ1n) is 10.6. The highest BCUT2D eigenvalue weighted by atomic mass is 35.5. The number of rotatable bonds is 8. The average Bonchev–Trinajstić information content (AvgIpc) is 2.74. The first-order valence-corrected chi connectivity index (χ1v) is 11.3. The van der Waals surface area contributed by atoms with Gasteiger partial charge in [-0.15, -0.1) is 0 Å². The van der Waals surface area contributed by atoms with Crippen LogP contribution in [0, 0.1) is 0 Å². The SMILES string of the molecule is O=C(CCc1ccc(Cl)cc1)NC1CCC(NC(=O)CCc2ccc(Cl)cc2)CC1. The molecule has 0 spiro atoms. The van der Waals surface area contributed by atoms with Gasteiger partial charge < -0.3 is 10.6 Å². The van der Waals surface area contributed by atoms with Crippen LogP contribution in [-0.4, -0.2) is 23.9 Å². The highest BCUT2D eigenvalue weighted by molar-refractivity contribution is 6.30. The van der Waals surface area contributed by atoms with E-state index in [9.17, 15) is 9.59 Å². The lowest BCUT2D eigenvalue weighted by molar-refractivity contribution is -0.123. The monoisotopic (exact) mass is 446 g/mol. The van der Waals surface area contributed by atoms with Crippen LogP contribution in [0.2, 0.25) is 10.0 Å². The van der Waals surface area contributed by atoms with Crippen LogP contribution < -0.4 is 10.6 Å². The first kappa shape index (κ1) is 22.6. The molecule has 0 unspecified atom stereocenters. The van der Waals surface area contributed by atoms with Gasteiger partial charge in [0.1, 0.15) is 0 Å². The maximum absolute atomic E-state index is 12.2. The molecule has 1 aliphatic carbocycles. The van der Waals surface area contributed by atoms with Crippen LogP contribution in [0.15, 0.2) is 48.5 Å². The molecule has 2 aromatic carbocycles. The summed E-state index contributed by atoms with van der Waals surface area (Å²) in [6, 6.07) is 15.6. The molecule has 4 nitrogen and oxygen atoms in total. The minimum atomic E-state index is 0.0837. The van der Waals surface area contributed by atoms with Crippen molar-refractivity contribution in [3.63, 3.8) is 0 Å². The Morgan fingerprint density at radius 1 is 0.667 bits per heavy atom. The van der Waals surface area contributed by atoms with Crippen molar-refractivity contribution in [2.75, 3.05) is 0 Å². The number of halogens is 2. The minimum absolute atomic E-state index is 0.0837. The first-order chi connectivity index (χ1) is 14.5. The third-order valence-corrected chi connectivity index (χ3v) is 6.07. The summed E-state index contributed by atoms with van der Waals surface area (Å²) in [6.07, 6.45) is 5.96. The van der Waals surface area contributed by atoms with Crippen LogP contribution in [0.1, 0.15) is 49.7 Å². The lowest BCUT2D eigenvalue weighted by atomic mass is 9.91. The van der Waals surface area contributed by atoms with Crippen molar-refractivity contribution < 1.29 is 9.59 Å². The summed E-state index contributed by atoms with van der Waals surface area (Å²) < 4.78 is 0. The number of nitrogens with one attached hydrogen (secondary N) is 2. The molecule has 2 aromatic rings. The summed E-state index contributed by atoms with van der Waals surface area (Å²) in [7, 11) is 0. The number of hydrogen-bond acceptors (Lipinski definition) is 2. The number of hydrogen-bond donors (Lipinski definition) is 2. The van der Waals surface area contributed by atoms with Crippen LogP contribution in [0.5, 0.6) is 0 Å². The summed E-state index contributed by atoms with van der Waals surface area (Å²) in [5.74, 6) is 0.167. The van der Waals surface area contributed by atoms with E-state index in [0.29, 0.717) is 35.7 Å². The van der Waals surface area contributed by atoms with Crippen molar-refractivity contribution in [1.29, 1.82) is 0 Å². The van der Waals surface area contributed by atoms with Crippen molar-refractivity contribution in [2.24, 2.45) is 0 Å². The lowest BCUT2D eigenvalue weighted by Crippen LogP contribution is -2.43. The second kappa shape index (κ2) is 11.4. The molecule has 2 N–H and O–H groups in total. The van der Waals surface area contributed by atoms with Gasteiger partial charge in [0.05, 0.1) is 0 Å². The number of benzene rings is 2. The Labute approximate surface area is 188 Å². The van der Waals surface area contributed by atoms with E-state index in [-0.39, 0.29) is 23.9 Å². The van der Waals surface area contributed by atoms with Crippen LogP contribution in [0.3, 0.4) is 0 Å². The van der Waals surface area contributed by atoms with Gasteiger partial charge >= 0.3 is 0 Å². The van der Waals surface area contributed by atoms with Gasteiger partial charge in [-0.1, -0.05) is 47.5 Å². The Hall–Kier alpha value is -2.04. The Bertz CT molecular complexity index is 758. The van der Waals surface area contributed by atoms with Gasteiger partial charge in [-0.2, -0.15) is 0 Å². The van der Waals surface area contributed by atoms with Crippen LogP contribution in [-0.2, 0) is 22.4 Å². The van der Waals surface area contributed by atoms with Gasteiger partial charge in [0, 0.05) is 35.0 Å². The smallest absolute Gasteiger partial charge is 0.220 e. The summed E-state index contributed by atoms with van der Waals surface area (Å²) in [5, 5.41) is 7.69. The molecule has 1 saturated carbocycles. The molecule has 160 valence electrons. The van der Waals surface area contributed by atoms with E-state index in [1.54, 1.807) is 0 Å². The molecule has 0 bridgehead atoms. The van der Waals surface area contributed by atoms with Gasteiger partial charge in [-0.3, -0.25) is 9.59 Å². The number of amides is 2. The Morgan fingerprint density at radius 2 is 1.00 bits per heavy atom. The van der Waals surface area contributed by atoms with Crippen molar-refractivity contribution in [2.45, 2.75) is 63.5 Å². The van der Waals surface area contributed by atoms with Crippen molar-refractivity contribution in [3.8, 4) is 0 Å². The third-order valence-electron chi connectivity index (χ3n) is 5.57. The maximum atomic E-state index is 12.2. The van der Waals surface area contributed by atoms with Crippen molar-refractivity contribution >= 4 is 35.0 Å². The molecule has 1 aliphatic rings. The largest absolute Gasteiger partial charge is 0.353 e. The molecule has 3 rings (SSSR count). The average molecular weight is 447 g/mol. The second-order valence-corrected chi connectivity index (χ2v) is 8.81. The van der Waals surface area contributed by atoms with E-state index in [0.717, 1.165) is 36.8 Å². The van der Waals surface area contributed by atoms with E-state index in [2.05, 4.69) is 10.6 Å². The van der Waals surface area contributed by atoms with Gasteiger partial charge in [0.2, 0.25) is 11.8 Å². The fourth-order valence-corrected chi connectivity index (χ4v) is 4.05. The van der Waals surface area contributed by atoms with Crippen LogP contribution in [0.25, 0.3) is 0 Å². The van der Waals surface area contributed by atoms with E-state index < -0.39 is 0 Å². The molecule has 6 heteroatoms. The molecule has 0 aromatic heterocycles. The highest BCUT2D eigenvalue weighted by Gasteiger charge is 2.23. The number of aryl methyl sites for hydroxylation is 2. The van der Waals surface area contributed by atoms with Gasteiger partial charge in [0.25, 0.3) is 0 Å². The zero-order valence-electron chi connectivity index (χ0n) is 17.0. The third kappa shape index (κ3) is 7.66. The molecule has 0 saturated heterocycles. The molecule has 1 fully saturated rings. The van der Waals surface area contributed by atoms with E-state index in [1.165, 1.54) is 0 Å². The van der Waals surface area contributed by atoms with Gasteiger partial charge in [-0.25, -0.2) is 0 Å². The molecule has 0 radical (unpaired) electrons. The van der Waals surface area contributed by atoms with Crippen LogP contribution >= 0.6 is 23.2 Å². The zero-order chi connectivity index (χ0) is 21.3. The Morgan fingerprint density at radius 3 is 1.33 bits per heavy atom. The van der Waals surface area contributed by atoms with E-state index in [4.69, 9.17) is 23.2 Å². The van der Waals surface area contributed by atoms with Crippen molar-refractivity contribution in [3.05, 3.63) is 69.7 Å². The van der Waals surface area contributed by atoms with E-state index >= 15 is 0 Å². The highest BCUT2D eigenvalue weighted by Crippen LogP contribution is 2.19. The van der Waals surface area contributed by atoms with Crippen LogP contribution in [0.4, 0.5) is 0 Å². The van der Waals surface area contributed by atoms with Crippen molar-refractivity contribution in [1.82, 2.24) is 10.6 Å². The Balaban J connectivity index is 1.31. The summed E-state index contributed by atoms with van der Waals surface area (Å²) in [5.41, 5.74) is 2.22. The fourth-order valence-electron chi connectivity index (χ4n) is 3.80. The maximum Gasteiger partial charge on any atom is 0.220 e. The molecule has 30 heavy (non-hydrogen) atoms. The summed E-state index contributed by atoms with van der Waals surface area (Å²) in [4.78, 5) is 24.5. The Kier molecular flexibility index (Phi) is 8.59. The molecule has 0 aliphatic heterocycles. The molecule has 2 amide bonds. The zero-order valence-corrected chi connectivity index (χ0v) is 18.5. The predicted octanol–water partition coefficient (Wildman–Crippen LogP) is 5.10. The molecular weight excluding hydrogens is 419 g/mol. The number of carbonyl (C=O) groups excluding carboxylic acids is 2. The molecule has 0 atom stereocenters. The van der Waals surface area contributed by atoms with Gasteiger partial charge in [-0.05, 0) is 73.9 Å². The minimum Gasteiger partial charge on any atom is -0.353 e. The second-order valence-electron chi connectivity index (χ2n) is 7.94. The lowest BCUT2D eigenvalue weighted by Gasteiger charge is -2.29. The van der Waals surface area contributed by atoms with Gasteiger partial charge in [0.15, 0.2) is 0 Å². The quantitative estimate of drug-likeness (QED) is 0.592. The topological polar surface area (TPSA) is 58.2 Å². The molecule has 0 heterocycles. The fraction of sp³-hybridized carbons (Fsp3) is 0.417. The predicted molar refractivity (Wildman–Crippen MR) is 122 cm³/mol. The standard InChI is InChI=1S/C24H28Cl2N2O2/c25-19-7-1-17(2-8-19)5-15-23(29)27-21-11-13-22(14-12-21)28-24(30)16-6-18-3-9-20(26)10-4-18/h1-4,7-10,21-22H,5-6,11-16H2,(H,27,29)(H,28,30). The van der Waals surface area contributed by atoms with E-state index in [1.807, 2.05) is 48.5 Å². The summed E-state index contributed by atoms with van der Waals surface area (Å²) in [6.45, 7) is 0. The summed E-state index contributed by atoms with van der Waals surface area (Å²) >= 11 is 11.8. The molecular formula is C24H28Cl2N2O2.